The van der Waals surface area contributed by atoms with E-state index >= 15 is 0 Å². The summed E-state index contributed by atoms with van der Waals surface area (Å²) in [7, 11) is 0. The Balaban J connectivity index is 1.90. The monoisotopic (exact) mass is 373 g/mol. The van der Waals surface area contributed by atoms with Crippen LogP contribution < -0.4 is 10.9 Å². The van der Waals surface area contributed by atoms with Crippen molar-refractivity contribution in [1.29, 1.82) is 0 Å². The molecule has 140 valence electrons. The summed E-state index contributed by atoms with van der Waals surface area (Å²) in [5.41, 5.74) is 3.86. The van der Waals surface area contributed by atoms with Gasteiger partial charge in [0, 0.05) is 36.2 Å². The van der Waals surface area contributed by atoms with Gasteiger partial charge in [0.25, 0.3) is 5.56 Å². The van der Waals surface area contributed by atoms with Gasteiger partial charge in [-0.25, -0.2) is 0 Å². The quantitative estimate of drug-likeness (QED) is 0.789. The zero-order valence-corrected chi connectivity index (χ0v) is 16.5. The number of ether oxygens (including phenoxy) is 1. The summed E-state index contributed by atoms with van der Waals surface area (Å²) in [6, 6.07) is 6.15. The van der Waals surface area contributed by atoms with Gasteiger partial charge in [0.05, 0.1) is 12.6 Å². The third kappa shape index (κ3) is 4.24. The highest BCUT2D eigenvalue weighted by Gasteiger charge is 2.22. The maximum absolute atomic E-state index is 12.6. The normalized spacial score (nSPS) is 16.8. The topological polar surface area (TPSA) is 57.4 Å². The molecule has 1 aliphatic heterocycles. The molecule has 26 heavy (non-hydrogen) atoms. The molecule has 1 aliphatic rings. The van der Waals surface area contributed by atoms with Gasteiger partial charge in [-0.2, -0.15) is 0 Å². The summed E-state index contributed by atoms with van der Waals surface area (Å²) in [5, 5.41) is 4.95. The van der Waals surface area contributed by atoms with Gasteiger partial charge >= 0.3 is 0 Å². The first-order valence-electron chi connectivity index (χ1n) is 9.25. The summed E-state index contributed by atoms with van der Waals surface area (Å²) in [6.07, 6.45) is 2.30. The summed E-state index contributed by atoms with van der Waals surface area (Å²) in [5.74, 6) is 0. The van der Waals surface area contributed by atoms with Crippen LogP contribution in [0.15, 0.2) is 23.0 Å². The Bertz CT molecular complexity index is 856. The fourth-order valence-corrected chi connectivity index (χ4v) is 3.84. The maximum atomic E-state index is 12.6. The van der Waals surface area contributed by atoms with E-state index in [2.05, 4.69) is 28.2 Å². The first-order valence-corrected chi connectivity index (χ1v) is 9.66. The highest BCUT2D eigenvalue weighted by Crippen LogP contribution is 2.20. The Hall–Kier alpha value is -1.92. The van der Waals surface area contributed by atoms with Crippen molar-refractivity contribution in [3.8, 4) is 0 Å². The molecule has 0 amide bonds. The first kappa shape index (κ1) is 18.9. The largest absolute Gasteiger partial charge is 0.376 e. The molecule has 0 spiro atoms. The Morgan fingerprint density at radius 1 is 1.38 bits per heavy atom. The van der Waals surface area contributed by atoms with E-state index in [1.807, 2.05) is 26.0 Å². The van der Waals surface area contributed by atoms with Gasteiger partial charge in [-0.1, -0.05) is 6.07 Å². The van der Waals surface area contributed by atoms with Crippen molar-refractivity contribution in [3.63, 3.8) is 0 Å². The van der Waals surface area contributed by atoms with Crippen molar-refractivity contribution in [2.24, 2.45) is 0 Å². The number of pyridine rings is 1. The van der Waals surface area contributed by atoms with Crippen molar-refractivity contribution < 1.29 is 4.74 Å². The number of rotatable bonds is 5. The molecule has 3 rings (SSSR count). The molecule has 0 radical (unpaired) electrons. The molecule has 6 heteroatoms. The molecule has 0 saturated carbocycles. The second kappa shape index (κ2) is 8.18. The molecule has 1 fully saturated rings. The average Bonchev–Trinajstić information content (AvgIpc) is 3.08. The molecule has 0 bridgehead atoms. The van der Waals surface area contributed by atoms with Crippen molar-refractivity contribution in [2.75, 3.05) is 19.7 Å². The lowest BCUT2D eigenvalue weighted by Gasteiger charge is -2.28. The second-order valence-electron chi connectivity index (χ2n) is 7.02. The first-order chi connectivity index (χ1) is 12.5. The zero-order chi connectivity index (χ0) is 18.7. The van der Waals surface area contributed by atoms with Crippen LogP contribution in [0.4, 0.5) is 0 Å². The smallest absolute Gasteiger partial charge is 0.253 e. The second-order valence-corrected chi connectivity index (χ2v) is 7.40. The van der Waals surface area contributed by atoms with Crippen molar-refractivity contribution in [3.05, 3.63) is 45.2 Å². The van der Waals surface area contributed by atoms with Gasteiger partial charge in [-0.05, 0) is 69.1 Å². The van der Waals surface area contributed by atoms with Crippen molar-refractivity contribution in [2.45, 2.75) is 46.3 Å². The highest BCUT2D eigenvalue weighted by atomic mass is 32.1. The molecular weight excluding hydrogens is 346 g/mol. The van der Waals surface area contributed by atoms with E-state index in [0.29, 0.717) is 18.2 Å². The number of nitrogens with one attached hydrogen (secondary N) is 2. The third-order valence-electron chi connectivity index (χ3n) is 4.81. The molecule has 0 aliphatic carbocycles. The molecule has 0 unspecified atom stereocenters. The lowest BCUT2D eigenvalue weighted by atomic mass is 10.0. The van der Waals surface area contributed by atoms with E-state index in [0.717, 1.165) is 53.6 Å². The molecule has 2 N–H and O–H groups in total. The fourth-order valence-electron chi connectivity index (χ4n) is 3.56. The summed E-state index contributed by atoms with van der Waals surface area (Å²) in [6.45, 7) is 8.88. The lowest BCUT2D eigenvalue weighted by Crippen LogP contribution is -2.43. The zero-order valence-electron chi connectivity index (χ0n) is 15.7. The van der Waals surface area contributed by atoms with Crippen LogP contribution in [0.25, 0.3) is 10.9 Å². The number of hydrogen-bond acceptors (Lipinski definition) is 3. The predicted molar refractivity (Wildman–Crippen MR) is 110 cm³/mol. The lowest BCUT2D eigenvalue weighted by molar-refractivity contribution is 0.0897. The van der Waals surface area contributed by atoms with Crippen LogP contribution in [0.1, 0.15) is 36.5 Å². The SMILES string of the molecule is CCNC(=S)N(Cc1cc2c(C)cc(C)cc2[nH]c1=O)C[C@@H]1CCCO1. The summed E-state index contributed by atoms with van der Waals surface area (Å²) < 4.78 is 5.77. The Labute approximate surface area is 159 Å². The number of thiocarbonyl (C=S) groups is 1. The van der Waals surface area contributed by atoms with E-state index in [9.17, 15) is 4.79 Å². The van der Waals surface area contributed by atoms with Gasteiger partial charge in [0.1, 0.15) is 0 Å². The van der Waals surface area contributed by atoms with Crippen molar-refractivity contribution >= 4 is 28.2 Å². The predicted octanol–water partition coefficient (Wildman–Crippen LogP) is 3.02. The Kier molecular flexibility index (Phi) is 5.94. The number of hydrogen-bond donors (Lipinski definition) is 2. The van der Waals surface area contributed by atoms with E-state index < -0.39 is 0 Å². The molecule has 1 aromatic heterocycles. The van der Waals surface area contributed by atoms with Gasteiger partial charge < -0.3 is 19.9 Å². The van der Waals surface area contributed by atoms with E-state index in [1.165, 1.54) is 0 Å². The molecule has 1 atom stereocenters. The third-order valence-corrected chi connectivity index (χ3v) is 5.22. The molecule has 1 saturated heterocycles. The number of fused-ring (bicyclic) bond motifs is 1. The number of nitrogens with zero attached hydrogens (tertiary/aromatic N) is 1. The number of aromatic nitrogens is 1. The number of aromatic amines is 1. The van der Waals surface area contributed by atoms with E-state index in [4.69, 9.17) is 17.0 Å². The fraction of sp³-hybridized carbons (Fsp3) is 0.500. The molecule has 5 nitrogen and oxygen atoms in total. The summed E-state index contributed by atoms with van der Waals surface area (Å²) >= 11 is 5.54. The van der Waals surface area contributed by atoms with Crippen molar-refractivity contribution in [1.82, 2.24) is 15.2 Å². The van der Waals surface area contributed by atoms with E-state index in [-0.39, 0.29) is 11.7 Å². The maximum Gasteiger partial charge on any atom is 0.253 e. The van der Waals surface area contributed by atoms with Gasteiger partial charge in [0.15, 0.2) is 5.11 Å². The Morgan fingerprint density at radius 2 is 2.19 bits per heavy atom. The van der Waals surface area contributed by atoms with Crippen LogP contribution in [0, 0.1) is 13.8 Å². The standard InChI is InChI=1S/C20H27N3O2S/c1-4-21-20(26)23(12-16-6-5-7-25-16)11-15-10-17-14(3)8-13(2)9-18(17)22-19(15)24/h8-10,16H,4-7,11-12H2,1-3H3,(H,21,26)(H,22,24)/t16-/m0/s1. The van der Waals surface area contributed by atoms with Crippen LogP contribution in [0.3, 0.4) is 0 Å². The molecule has 2 aromatic rings. The van der Waals surface area contributed by atoms with Crippen LogP contribution in [0.2, 0.25) is 0 Å². The minimum atomic E-state index is -0.0564. The number of H-pyrrole nitrogens is 1. The highest BCUT2D eigenvalue weighted by molar-refractivity contribution is 7.80. The van der Waals surface area contributed by atoms with E-state index in [1.54, 1.807) is 0 Å². The van der Waals surface area contributed by atoms with Crippen LogP contribution in [0.5, 0.6) is 0 Å². The number of benzene rings is 1. The molecule has 2 heterocycles. The minimum Gasteiger partial charge on any atom is -0.376 e. The van der Waals surface area contributed by atoms with Gasteiger partial charge in [-0.3, -0.25) is 4.79 Å². The molecule has 1 aromatic carbocycles. The van der Waals surface area contributed by atoms with Gasteiger partial charge in [0.2, 0.25) is 0 Å². The molecular formula is C20H27N3O2S. The van der Waals surface area contributed by atoms with Crippen LogP contribution in [-0.2, 0) is 11.3 Å². The Morgan fingerprint density at radius 3 is 2.88 bits per heavy atom. The summed E-state index contributed by atoms with van der Waals surface area (Å²) in [4.78, 5) is 17.7. The van der Waals surface area contributed by atoms with Crippen LogP contribution >= 0.6 is 12.2 Å². The van der Waals surface area contributed by atoms with Crippen LogP contribution in [-0.4, -0.2) is 40.8 Å². The minimum absolute atomic E-state index is 0.0564. The number of aryl methyl sites for hydroxylation is 2. The average molecular weight is 374 g/mol. The van der Waals surface area contributed by atoms with Gasteiger partial charge in [-0.15, -0.1) is 0 Å².